The molecule has 10 heteroatoms. The fourth-order valence-electron chi connectivity index (χ4n) is 5.91. The van der Waals surface area contributed by atoms with E-state index in [1.54, 1.807) is 25.2 Å². The Morgan fingerprint density at radius 3 is 2.28 bits per heavy atom. The van der Waals surface area contributed by atoms with Crippen LogP contribution in [0.25, 0.3) is 11.1 Å². The van der Waals surface area contributed by atoms with Gasteiger partial charge in [0.1, 0.15) is 42.4 Å². The maximum Gasteiger partial charge on any atom is 0.320 e. The zero-order valence-corrected chi connectivity index (χ0v) is 26.6. The van der Waals surface area contributed by atoms with E-state index in [4.69, 9.17) is 21.1 Å². The molecule has 0 radical (unpaired) electrons. The minimum absolute atomic E-state index is 0.124. The molecule has 1 heterocycles. The lowest BCUT2D eigenvalue weighted by Crippen LogP contribution is -2.35. The summed E-state index contributed by atoms with van der Waals surface area (Å²) in [5.74, 6) is -1.77. The van der Waals surface area contributed by atoms with Gasteiger partial charge in [-0.3, -0.25) is 14.5 Å². The molecule has 0 bridgehead atoms. The van der Waals surface area contributed by atoms with Gasteiger partial charge < -0.3 is 19.9 Å². The van der Waals surface area contributed by atoms with Crippen LogP contribution in [0.15, 0.2) is 66.7 Å². The average Bonchev–Trinajstić information content (AvgIpc) is 3.49. The quantitative estimate of drug-likeness (QED) is 0.175. The van der Waals surface area contributed by atoms with Crippen molar-refractivity contribution in [1.82, 2.24) is 10.2 Å². The summed E-state index contributed by atoms with van der Waals surface area (Å²) in [5, 5.41) is 12.7. The highest BCUT2D eigenvalue weighted by molar-refractivity contribution is 6.32. The molecule has 7 nitrogen and oxygen atoms in total. The molecule has 1 saturated heterocycles. The summed E-state index contributed by atoms with van der Waals surface area (Å²) < 4.78 is 40.0. The highest BCUT2D eigenvalue weighted by Crippen LogP contribution is 2.37. The van der Waals surface area contributed by atoms with Crippen molar-refractivity contribution in [2.24, 2.45) is 0 Å². The number of nitrogens with zero attached hydrogens (tertiary/aromatic N) is 1. The number of amides is 1. The van der Waals surface area contributed by atoms with Gasteiger partial charge in [-0.2, -0.15) is 0 Å². The second kappa shape index (κ2) is 14.3. The third-order valence-corrected chi connectivity index (χ3v) is 8.67. The van der Waals surface area contributed by atoms with E-state index in [2.05, 4.69) is 5.32 Å². The van der Waals surface area contributed by atoms with Crippen molar-refractivity contribution in [3.05, 3.63) is 117 Å². The second-order valence-electron chi connectivity index (χ2n) is 11.4. The van der Waals surface area contributed by atoms with Crippen molar-refractivity contribution < 1.29 is 33.0 Å². The Kier molecular flexibility index (Phi) is 10.2. The van der Waals surface area contributed by atoms with Gasteiger partial charge in [-0.1, -0.05) is 41.9 Å². The van der Waals surface area contributed by atoms with E-state index in [1.165, 1.54) is 12.1 Å². The van der Waals surface area contributed by atoms with Crippen molar-refractivity contribution in [3.63, 3.8) is 0 Å². The number of carboxylic acid groups (broad SMARTS) is 1. The van der Waals surface area contributed by atoms with Crippen LogP contribution in [-0.4, -0.2) is 41.5 Å². The van der Waals surface area contributed by atoms with Crippen molar-refractivity contribution in [2.75, 3.05) is 13.6 Å². The summed E-state index contributed by atoms with van der Waals surface area (Å²) in [5.41, 5.74) is 6.19. The van der Waals surface area contributed by atoms with Crippen molar-refractivity contribution in [1.29, 1.82) is 0 Å². The van der Waals surface area contributed by atoms with Gasteiger partial charge in [-0.25, -0.2) is 8.78 Å². The Morgan fingerprint density at radius 1 is 0.913 bits per heavy atom. The molecule has 0 unspecified atom stereocenters. The number of hydrogen-bond donors (Lipinski definition) is 2. The standard InChI is InChI=1S/C36H35ClF2N2O5/c1-21-24(7-4-8-28(21)29-9-5-10-30(22(29)2)35(42)40-3)20-46-34-17-33(45-19-23-13-26(38)16-27(39)14-23)25(15-31(34)37)18-41-12-6-11-32(41)36(43)44/h4-5,7-10,13-17,32H,6,11-12,18-20H2,1-3H3,(H,40,42)(H,43,44)/t32-/m0/s1. The number of aliphatic carboxylic acids is 1. The second-order valence-corrected chi connectivity index (χ2v) is 11.8. The first-order chi connectivity index (χ1) is 22.0. The molecule has 0 aromatic heterocycles. The van der Waals surface area contributed by atoms with Crippen LogP contribution in [0.3, 0.4) is 0 Å². The molecule has 5 rings (SSSR count). The molecule has 0 spiro atoms. The normalized spacial score (nSPS) is 14.7. The first kappa shape index (κ1) is 32.9. The highest BCUT2D eigenvalue weighted by atomic mass is 35.5. The summed E-state index contributed by atoms with van der Waals surface area (Å²) in [7, 11) is 1.60. The van der Waals surface area contributed by atoms with Crippen molar-refractivity contribution in [2.45, 2.75) is 52.5 Å². The van der Waals surface area contributed by atoms with Crippen molar-refractivity contribution in [3.8, 4) is 22.6 Å². The predicted molar refractivity (Wildman–Crippen MR) is 172 cm³/mol. The molecular weight excluding hydrogens is 614 g/mol. The maximum absolute atomic E-state index is 13.9. The van der Waals surface area contributed by atoms with E-state index in [9.17, 15) is 23.5 Å². The molecule has 4 aromatic rings. The van der Waals surface area contributed by atoms with Crippen LogP contribution in [-0.2, 0) is 24.6 Å². The van der Waals surface area contributed by atoms with E-state index >= 15 is 0 Å². The van der Waals surface area contributed by atoms with Crippen LogP contribution in [0.4, 0.5) is 8.78 Å². The lowest BCUT2D eigenvalue weighted by atomic mass is 9.91. The van der Waals surface area contributed by atoms with Crippen LogP contribution in [0.2, 0.25) is 5.02 Å². The largest absolute Gasteiger partial charge is 0.488 e. The number of nitrogens with one attached hydrogen (secondary N) is 1. The van der Waals surface area contributed by atoms with E-state index in [0.29, 0.717) is 46.2 Å². The minimum atomic E-state index is -0.894. The van der Waals surface area contributed by atoms with Crippen LogP contribution in [0, 0.1) is 25.5 Å². The smallest absolute Gasteiger partial charge is 0.320 e. The topological polar surface area (TPSA) is 88.1 Å². The van der Waals surface area contributed by atoms with Gasteiger partial charge in [0.2, 0.25) is 0 Å². The summed E-state index contributed by atoms with van der Waals surface area (Å²) >= 11 is 6.71. The predicted octanol–water partition coefficient (Wildman–Crippen LogP) is 7.47. The fourth-order valence-corrected chi connectivity index (χ4v) is 6.15. The Hall–Kier alpha value is -4.47. The highest BCUT2D eigenvalue weighted by Gasteiger charge is 2.31. The van der Waals surface area contributed by atoms with E-state index in [1.807, 2.05) is 49.1 Å². The van der Waals surface area contributed by atoms with E-state index < -0.39 is 23.6 Å². The Labute approximate surface area is 271 Å². The molecule has 240 valence electrons. The van der Waals surface area contributed by atoms with Gasteiger partial charge in [0, 0.05) is 36.9 Å². The number of carbonyl (C=O) groups is 2. The molecule has 46 heavy (non-hydrogen) atoms. The first-order valence-corrected chi connectivity index (χ1v) is 15.3. The molecule has 2 N–H and O–H groups in total. The van der Waals surface area contributed by atoms with Gasteiger partial charge in [-0.05, 0) is 90.9 Å². The summed E-state index contributed by atoms with van der Waals surface area (Å²) in [6, 6.07) is 17.4. The number of hydrogen-bond acceptors (Lipinski definition) is 5. The number of carboxylic acids is 1. The number of likely N-dealkylation sites (tertiary alicyclic amines) is 1. The Morgan fingerprint density at radius 2 is 1.59 bits per heavy atom. The first-order valence-electron chi connectivity index (χ1n) is 15.0. The number of halogens is 3. The SMILES string of the molecule is CNC(=O)c1cccc(-c2cccc(COc3cc(OCc4cc(F)cc(F)c4)c(CN4CCC[C@H]4C(=O)O)cc3Cl)c2C)c1C. The van der Waals surface area contributed by atoms with Gasteiger partial charge in [-0.15, -0.1) is 0 Å². The number of ether oxygens (including phenoxy) is 2. The summed E-state index contributed by atoms with van der Waals surface area (Å²) in [6.45, 7) is 4.83. The third-order valence-electron chi connectivity index (χ3n) is 8.38. The average molecular weight is 649 g/mol. The minimum Gasteiger partial charge on any atom is -0.488 e. The monoisotopic (exact) mass is 648 g/mol. The Balaban J connectivity index is 1.42. The zero-order chi connectivity index (χ0) is 33.0. The summed E-state index contributed by atoms with van der Waals surface area (Å²) in [6.07, 6.45) is 1.29. The van der Waals surface area contributed by atoms with Gasteiger partial charge in [0.25, 0.3) is 5.91 Å². The van der Waals surface area contributed by atoms with Crippen molar-refractivity contribution >= 4 is 23.5 Å². The zero-order valence-electron chi connectivity index (χ0n) is 25.8. The van der Waals surface area contributed by atoms with E-state index in [0.717, 1.165) is 40.3 Å². The van der Waals surface area contributed by atoms with Gasteiger partial charge >= 0.3 is 5.97 Å². The lowest BCUT2D eigenvalue weighted by molar-refractivity contribution is -0.142. The van der Waals surface area contributed by atoms with Crippen LogP contribution in [0.5, 0.6) is 11.5 Å². The molecule has 0 saturated carbocycles. The molecule has 0 aliphatic carbocycles. The van der Waals surface area contributed by atoms with Gasteiger partial charge in [0.15, 0.2) is 0 Å². The van der Waals surface area contributed by atoms with Crippen LogP contribution < -0.4 is 14.8 Å². The summed E-state index contributed by atoms with van der Waals surface area (Å²) in [4.78, 5) is 26.1. The van der Waals surface area contributed by atoms with Gasteiger partial charge in [0.05, 0.1) is 5.02 Å². The fraction of sp³-hybridized carbons (Fsp3) is 0.278. The molecule has 1 amide bonds. The molecule has 1 aliphatic heterocycles. The van der Waals surface area contributed by atoms with Crippen LogP contribution in [0.1, 0.15) is 51.0 Å². The Bertz CT molecular complexity index is 1760. The van der Waals surface area contributed by atoms with Crippen LogP contribution >= 0.6 is 11.6 Å². The molecule has 1 aliphatic rings. The number of rotatable bonds is 11. The molecule has 1 fully saturated rings. The molecule has 1 atom stereocenters. The number of benzene rings is 4. The molecular formula is C36H35ClF2N2O5. The lowest BCUT2D eigenvalue weighted by Gasteiger charge is -2.23. The third kappa shape index (κ3) is 7.32. The van der Waals surface area contributed by atoms with E-state index in [-0.39, 0.29) is 25.7 Å². The number of carbonyl (C=O) groups excluding carboxylic acids is 1. The maximum atomic E-state index is 13.9. The molecule has 4 aromatic carbocycles.